The van der Waals surface area contributed by atoms with Crippen LogP contribution in [0.5, 0.6) is 0 Å². The van der Waals surface area contributed by atoms with Gasteiger partial charge in [0.2, 0.25) is 5.91 Å². The van der Waals surface area contributed by atoms with E-state index >= 15 is 0 Å². The molecule has 5 nitrogen and oxygen atoms in total. The van der Waals surface area contributed by atoms with Crippen molar-refractivity contribution in [1.82, 2.24) is 9.78 Å². The first-order chi connectivity index (χ1) is 12.0. The SMILES string of the molecule is CN(C)c1ccc(Cl)cc1NC(=O)Cc1cnn(-c2ccccc2)c1. The Morgan fingerprint density at radius 1 is 1.20 bits per heavy atom. The lowest BCUT2D eigenvalue weighted by atomic mass is 10.2. The maximum absolute atomic E-state index is 12.4. The zero-order chi connectivity index (χ0) is 17.8. The van der Waals surface area contributed by atoms with Gasteiger partial charge in [0.1, 0.15) is 0 Å². The number of nitrogens with zero attached hydrogens (tertiary/aromatic N) is 3. The van der Waals surface area contributed by atoms with Gasteiger partial charge in [-0.15, -0.1) is 0 Å². The number of amides is 1. The van der Waals surface area contributed by atoms with Gasteiger partial charge < -0.3 is 10.2 Å². The Bertz CT molecular complexity index is 874. The van der Waals surface area contributed by atoms with E-state index in [1.165, 1.54) is 0 Å². The molecule has 0 fully saturated rings. The molecule has 0 bridgehead atoms. The van der Waals surface area contributed by atoms with Gasteiger partial charge in [0, 0.05) is 25.3 Å². The molecule has 3 rings (SSSR count). The number of carbonyl (C=O) groups is 1. The lowest BCUT2D eigenvalue weighted by molar-refractivity contribution is -0.115. The predicted octanol–water partition coefficient (Wildman–Crippen LogP) is 3.77. The fourth-order valence-corrected chi connectivity index (χ4v) is 2.72. The van der Waals surface area contributed by atoms with Gasteiger partial charge in [-0.25, -0.2) is 4.68 Å². The van der Waals surface area contributed by atoms with Crippen LogP contribution < -0.4 is 10.2 Å². The van der Waals surface area contributed by atoms with Crippen LogP contribution >= 0.6 is 11.6 Å². The van der Waals surface area contributed by atoms with Gasteiger partial charge >= 0.3 is 0 Å². The number of anilines is 2. The highest BCUT2D eigenvalue weighted by Crippen LogP contribution is 2.27. The summed E-state index contributed by atoms with van der Waals surface area (Å²) in [7, 11) is 3.84. The van der Waals surface area contributed by atoms with Crippen molar-refractivity contribution in [1.29, 1.82) is 0 Å². The van der Waals surface area contributed by atoms with Gasteiger partial charge in [-0.2, -0.15) is 5.10 Å². The van der Waals surface area contributed by atoms with Gasteiger partial charge in [0.25, 0.3) is 0 Å². The summed E-state index contributed by atoms with van der Waals surface area (Å²) in [6, 6.07) is 15.2. The summed E-state index contributed by atoms with van der Waals surface area (Å²) in [6.45, 7) is 0. The quantitative estimate of drug-likeness (QED) is 0.758. The van der Waals surface area contributed by atoms with E-state index in [1.807, 2.05) is 61.6 Å². The van der Waals surface area contributed by atoms with E-state index in [2.05, 4.69) is 10.4 Å². The first kappa shape index (κ1) is 17.0. The lowest BCUT2D eigenvalue weighted by Gasteiger charge is -2.18. The van der Waals surface area contributed by atoms with Crippen molar-refractivity contribution in [2.24, 2.45) is 0 Å². The Hall–Kier alpha value is -2.79. The highest BCUT2D eigenvalue weighted by atomic mass is 35.5. The van der Waals surface area contributed by atoms with Gasteiger partial charge in [0.05, 0.1) is 29.7 Å². The molecule has 3 aromatic rings. The molecule has 0 aliphatic carbocycles. The van der Waals surface area contributed by atoms with Crippen LogP contribution in [0.15, 0.2) is 60.9 Å². The number of rotatable bonds is 5. The molecule has 25 heavy (non-hydrogen) atoms. The molecule has 0 saturated carbocycles. The third-order valence-corrected chi connectivity index (χ3v) is 3.97. The Labute approximate surface area is 151 Å². The van der Waals surface area contributed by atoms with Crippen LogP contribution in [0.3, 0.4) is 0 Å². The zero-order valence-corrected chi connectivity index (χ0v) is 14.9. The first-order valence-electron chi connectivity index (χ1n) is 7.88. The summed E-state index contributed by atoms with van der Waals surface area (Å²) >= 11 is 6.05. The standard InChI is InChI=1S/C19H19ClN4O/c1-23(2)18-9-8-15(20)11-17(18)22-19(25)10-14-12-21-24(13-14)16-6-4-3-5-7-16/h3-9,11-13H,10H2,1-2H3,(H,22,25). The van der Waals surface area contributed by atoms with Crippen LogP contribution in [0, 0.1) is 0 Å². The summed E-state index contributed by atoms with van der Waals surface area (Å²) in [5.74, 6) is -0.113. The van der Waals surface area contributed by atoms with Crippen molar-refractivity contribution in [3.8, 4) is 5.69 Å². The normalized spacial score (nSPS) is 10.5. The number of hydrogen-bond donors (Lipinski definition) is 1. The van der Waals surface area contributed by atoms with Crippen molar-refractivity contribution in [3.05, 3.63) is 71.5 Å². The summed E-state index contributed by atoms with van der Waals surface area (Å²) in [5.41, 5.74) is 3.39. The fraction of sp³-hybridized carbons (Fsp3) is 0.158. The molecule has 0 radical (unpaired) electrons. The molecule has 0 atom stereocenters. The zero-order valence-electron chi connectivity index (χ0n) is 14.1. The van der Waals surface area contributed by atoms with E-state index in [0.29, 0.717) is 10.7 Å². The van der Waals surface area contributed by atoms with E-state index in [1.54, 1.807) is 23.0 Å². The highest BCUT2D eigenvalue weighted by molar-refractivity contribution is 6.31. The fourth-order valence-electron chi connectivity index (χ4n) is 2.55. The number of carbonyl (C=O) groups excluding carboxylic acids is 1. The summed E-state index contributed by atoms with van der Waals surface area (Å²) in [6.07, 6.45) is 3.81. The van der Waals surface area contributed by atoms with Crippen LogP contribution in [-0.4, -0.2) is 29.8 Å². The van der Waals surface area contributed by atoms with Gasteiger partial charge in [-0.3, -0.25) is 4.79 Å². The van der Waals surface area contributed by atoms with E-state index in [9.17, 15) is 4.79 Å². The molecule has 1 heterocycles. The Kier molecular flexibility index (Phi) is 5.05. The molecule has 1 N–H and O–H groups in total. The topological polar surface area (TPSA) is 50.2 Å². The first-order valence-corrected chi connectivity index (χ1v) is 8.26. The number of nitrogens with one attached hydrogen (secondary N) is 1. The highest BCUT2D eigenvalue weighted by Gasteiger charge is 2.11. The third-order valence-electron chi connectivity index (χ3n) is 3.74. The molecule has 2 aromatic carbocycles. The van der Waals surface area contributed by atoms with Crippen LogP contribution in [0.4, 0.5) is 11.4 Å². The number of halogens is 1. The van der Waals surface area contributed by atoms with Crippen LogP contribution in [0.2, 0.25) is 5.02 Å². The Balaban J connectivity index is 1.72. The summed E-state index contributed by atoms with van der Waals surface area (Å²) in [4.78, 5) is 14.3. The molecule has 0 aliphatic rings. The third kappa shape index (κ3) is 4.19. The maximum atomic E-state index is 12.4. The van der Waals surface area contributed by atoms with Gasteiger partial charge in [0.15, 0.2) is 0 Å². The minimum atomic E-state index is -0.113. The van der Waals surface area contributed by atoms with E-state index in [0.717, 1.165) is 16.9 Å². The average molecular weight is 355 g/mol. The molecular weight excluding hydrogens is 336 g/mol. The summed E-state index contributed by atoms with van der Waals surface area (Å²) < 4.78 is 1.76. The lowest BCUT2D eigenvalue weighted by Crippen LogP contribution is -2.18. The maximum Gasteiger partial charge on any atom is 0.228 e. The smallest absolute Gasteiger partial charge is 0.228 e. The average Bonchev–Trinajstić information content (AvgIpc) is 3.03. The van der Waals surface area contributed by atoms with Crippen molar-refractivity contribution >= 4 is 28.9 Å². The minimum absolute atomic E-state index is 0.113. The number of aromatic nitrogens is 2. The molecular formula is C19H19ClN4O. The molecule has 128 valence electrons. The van der Waals surface area contributed by atoms with Gasteiger partial charge in [-0.1, -0.05) is 29.8 Å². The molecule has 1 amide bonds. The molecule has 0 saturated heterocycles. The molecule has 0 spiro atoms. The largest absolute Gasteiger partial charge is 0.376 e. The van der Waals surface area contributed by atoms with Crippen molar-refractivity contribution < 1.29 is 4.79 Å². The Morgan fingerprint density at radius 2 is 1.96 bits per heavy atom. The predicted molar refractivity (Wildman–Crippen MR) is 102 cm³/mol. The minimum Gasteiger partial charge on any atom is -0.376 e. The van der Waals surface area contributed by atoms with Crippen LogP contribution in [-0.2, 0) is 11.2 Å². The van der Waals surface area contributed by atoms with Crippen molar-refractivity contribution in [3.63, 3.8) is 0 Å². The molecule has 0 unspecified atom stereocenters. The van der Waals surface area contributed by atoms with Crippen LogP contribution in [0.25, 0.3) is 5.69 Å². The number of benzene rings is 2. The van der Waals surface area contributed by atoms with Gasteiger partial charge in [-0.05, 0) is 35.9 Å². The Morgan fingerprint density at radius 3 is 2.68 bits per heavy atom. The van der Waals surface area contributed by atoms with Crippen molar-refractivity contribution in [2.45, 2.75) is 6.42 Å². The van der Waals surface area contributed by atoms with E-state index < -0.39 is 0 Å². The van der Waals surface area contributed by atoms with Crippen molar-refractivity contribution in [2.75, 3.05) is 24.3 Å². The van der Waals surface area contributed by atoms with E-state index in [-0.39, 0.29) is 12.3 Å². The monoisotopic (exact) mass is 354 g/mol. The second-order valence-corrected chi connectivity index (χ2v) is 6.35. The van der Waals surface area contributed by atoms with E-state index in [4.69, 9.17) is 11.6 Å². The second-order valence-electron chi connectivity index (χ2n) is 5.91. The number of hydrogen-bond acceptors (Lipinski definition) is 3. The molecule has 1 aromatic heterocycles. The van der Waals surface area contributed by atoms with Crippen LogP contribution in [0.1, 0.15) is 5.56 Å². The second kappa shape index (κ2) is 7.40. The number of para-hydroxylation sites is 1. The summed E-state index contributed by atoms with van der Waals surface area (Å²) in [5, 5.41) is 7.82. The molecule has 6 heteroatoms. The molecule has 0 aliphatic heterocycles.